The van der Waals surface area contributed by atoms with Crippen molar-refractivity contribution >= 4 is 0 Å². The van der Waals surface area contributed by atoms with E-state index in [9.17, 15) is 0 Å². The molecule has 3 aliphatic rings. The summed E-state index contributed by atoms with van der Waals surface area (Å²) in [5, 5.41) is 0. The van der Waals surface area contributed by atoms with Crippen molar-refractivity contribution in [2.24, 2.45) is 23.7 Å². The van der Waals surface area contributed by atoms with Crippen molar-refractivity contribution in [1.82, 2.24) is 0 Å². The zero-order valence-corrected chi connectivity index (χ0v) is 17.4. The second-order valence-electron chi connectivity index (χ2n) is 8.74. The predicted molar refractivity (Wildman–Crippen MR) is 107 cm³/mol. The van der Waals surface area contributed by atoms with Crippen molar-refractivity contribution in [3.63, 3.8) is 0 Å². The topological polar surface area (TPSA) is 36.9 Å². The van der Waals surface area contributed by atoms with Gasteiger partial charge in [-0.15, -0.1) is 0 Å². The van der Waals surface area contributed by atoms with Crippen LogP contribution in [0.5, 0.6) is 0 Å². The van der Waals surface area contributed by atoms with Gasteiger partial charge in [-0.3, -0.25) is 0 Å². The summed E-state index contributed by atoms with van der Waals surface area (Å²) in [4.78, 5) is 0. The maximum absolute atomic E-state index is 6.11. The lowest BCUT2D eigenvalue weighted by Gasteiger charge is -2.38. The summed E-state index contributed by atoms with van der Waals surface area (Å²) in [6, 6.07) is 0. The molecule has 27 heavy (non-hydrogen) atoms. The van der Waals surface area contributed by atoms with Crippen LogP contribution >= 0.6 is 0 Å². The minimum atomic E-state index is -0.0529. The van der Waals surface area contributed by atoms with Crippen LogP contribution in [0, 0.1) is 23.7 Å². The third kappa shape index (κ3) is 6.85. The molecule has 4 nitrogen and oxygen atoms in total. The molecule has 2 heterocycles. The van der Waals surface area contributed by atoms with Gasteiger partial charge in [0, 0.05) is 17.8 Å². The van der Waals surface area contributed by atoms with Crippen molar-refractivity contribution in [2.45, 2.75) is 84.2 Å². The van der Waals surface area contributed by atoms with Gasteiger partial charge in [-0.1, -0.05) is 38.8 Å². The molecule has 2 aliphatic heterocycles. The lowest BCUT2D eigenvalue weighted by molar-refractivity contribution is -0.235. The van der Waals surface area contributed by atoms with Gasteiger partial charge >= 0.3 is 0 Å². The van der Waals surface area contributed by atoms with Gasteiger partial charge in [0.05, 0.1) is 26.4 Å². The summed E-state index contributed by atoms with van der Waals surface area (Å²) in [7, 11) is 0. The molecule has 0 aromatic heterocycles. The Bertz CT molecular complexity index is 414. The quantitative estimate of drug-likeness (QED) is 0.534. The summed E-state index contributed by atoms with van der Waals surface area (Å²) in [6.07, 6.45) is 15.4. The van der Waals surface area contributed by atoms with Crippen LogP contribution in [0.4, 0.5) is 0 Å². The molecule has 3 rings (SSSR count). The smallest absolute Gasteiger partial charge is 0.160 e. The van der Waals surface area contributed by atoms with Crippen LogP contribution in [0.3, 0.4) is 0 Å². The third-order valence-corrected chi connectivity index (χ3v) is 6.41. The highest BCUT2D eigenvalue weighted by Gasteiger charge is 2.32. The van der Waals surface area contributed by atoms with E-state index in [1.165, 1.54) is 38.5 Å². The number of rotatable bonds is 8. The third-order valence-electron chi connectivity index (χ3n) is 6.41. The molecule has 4 heteroatoms. The Labute approximate surface area is 166 Å². The maximum atomic E-state index is 6.11. The van der Waals surface area contributed by atoms with Crippen LogP contribution in [0.25, 0.3) is 0 Å². The van der Waals surface area contributed by atoms with Gasteiger partial charge in [0.15, 0.2) is 12.6 Å². The molecule has 3 fully saturated rings. The molecule has 1 saturated carbocycles. The van der Waals surface area contributed by atoms with E-state index < -0.39 is 0 Å². The molecule has 0 atom stereocenters. The van der Waals surface area contributed by atoms with Crippen molar-refractivity contribution in [2.75, 3.05) is 26.4 Å². The first-order valence-corrected chi connectivity index (χ1v) is 11.4. The molecule has 0 aromatic rings. The molecule has 0 aromatic carbocycles. The lowest BCUT2D eigenvalue weighted by Crippen LogP contribution is -2.39. The zero-order chi connectivity index (χ0) is 18.9. The molecular formula is C23H40O4. The molecule has 2 saturated heterocycles. The second kappa shape index (κ2) is 11.5. The zero-order valence-electron chi connectivity index (χ0n) is 17.4. The van der Waals surface area contributed by atoms with E-state index in [0.717, 1.165) is 51.6 Å². The van der Waals surface area contributed by atoms with Gasteiger partial charge in [0.2, 0.25) is 0 Å². The Hall–Kier alpha value is -0.420. The first-order valence-electron chi connectivity index (χ1n) is 11.4. The standard InChI is InChI=1S/C23H40O4/c1-3-5-7-19-14-24-22(25-15-19)13-10-20-16-26-23(27-17-20)21-11-8-18(6-4-2)9-12-21/h5,7,18-23H,3-4,6,8-17H2,1-2H3/b7-5+/t18?,19-,20-,21?,22-,23-. The molecule has 0 N–H and O–H groups in total. The van der Waals surface area contributed by atoms with E-state index >= 15 is 0 Å². The van der Waals surface area contributed by atoms with E-state index in [2.05, 4.69) is 26.0 Å². The lowest BCUT2D eigenvalue weighted by atomic mass is 9.79. The van der Waals surface area contributed by atoms with Gasteiger partial charge < -0.3 is 18.9 Å². The number of hydrogen-bond acceptors (Lipinski definition) is 4. The Balaban J connectivity index is 1.28. The number of hydrogen-bond donors (Lipinski definition) is 0. The fourth-order valence-corrected chi connectivity index (χ4v) is 4.69. The van der Waals surface area contributed by atoms with Gasteiger partial charge in [-0.2, -0.15) is 0 Å². The van der Waals surface area contributed by atoms with Gasteiger partial charge in [-0.05, 0) is 50.9 Å². The second-order valence-corrected chi connectivity index (χ2v) is 8.74. The van der Waals surface area contributed by atoms with E-state index in [1.807, 2.05) is 0 Å². The van der Waals surface area contributed by atoms with Gasteiger partial charge in [-0.25, -0.2) is 0 Å². The first-order chi connectivity index (χ1) is 13.3. The average molecular weight is 381 g/mol. The normalized spacial score (nSPS) is 38.3. The van der Waals surface area contributed by atoms with Crippen LogP contribution in [0.2, 0.25) is 0 Å². The Morgan fingerprint density at radius 2 is 1.44 bits per heavy atom. The molecule has 0 amide bonds. The Morgan fingerprint density at radius 3 is 2.07 bits per heavy atom. The summed E-state index contributed by atoms with van der Waals surface area (Å²) < 4.78 is 24.0. The molecule has 1 aliphatic carbocycles. The van der Waals surface area contributed by atoms with E-state index in [0.29, 0.717) is 17.8 Å². The van der Waals surface area contributed by atoms with Crippen molar-refractivity contribution in [3.8, 4) is 0 Å². The monoisotopic (exact) mass is 380 g/mol. The largest absolute Gasteiger partial charge is 0.352 e. The minimum absolute atomic E-state index is 0.0390. The van der Waals surface area contributed by atoms with Crippen molar-refractivity contribution < 1.29 is 18.9 Å². The van der Waals surface area contributed by atoms with E-state index in [4.69, 9.17) is 18.9 Å². The highest BCUT2D eigenvalue weighted by atomic mass is 16.7. The molecule has 156 valence electrons. The summed E-state index contributed by atoms with van der Waals surface area (Å²) in [6.45, 7) is 7.66. The molecule has 0 bridgehead atoms. The minimum Gasteiger partial charge on any atom is -0.352 e. The highest BCUT2D eigenvalue weighted by molar-refractivity contribution is 4.88. The summed E-state index contributed by atoms with van der Waals surface area (Å²) in [5.41, 5.74) is 0. The Morgan fingerprint density at radius 1 is 0.741 bits per heavy atom. The van der Waals surface area contributed by atoms with Crippen LogP contribution in [0.15, 0.2) is 12.2 Å². The fraction of sp³-hybridized carbons (Fsp3) is 0.913. The molecule has 0 radical (unpaired) electrons. The first kappa shape index (κ1) is 21.3. The SMILES string of the molecule is CC/C=C/[C@H]1CO[C@H](CC[C@H]2CO[C@H](C3CCC(CCC)CC3)OC2)OC1. The van der Waals surface area contributed by atoms with E-state index in [-0.39, 0.29) is 12.6 Å². The predicted octanol–water partition coefficient (Wildman–Crippen LogP) is 5.32. The maximum Gasteiger partial charge on any atom is 0.160 e. The summed E-state index contributed by atoms with van der Waals surface area (Å²) >= 11 is 0. The number of ether oxygens (including phenoxy) is 4. The average Bonchev–Trinajstić information content (AvgIpc) is 2.73. The molecule has 0 spiro atoms. The van der Waals surface area contributed by atoms with Crippen LogP contribution in [-0.4, -0.2) is 39.0 Å². The number of allylic oxidation sites excluding steroid dienone is 1. The van der Waals surface area contributed by atoms with Crippen molar-refractivity contribution in [1.29, 1.82) is 0 Å². The van der Waals surface area contributed by atoms with Crippen LogP contribution in [-0.2, 0) is 18.9 Å². The van der Waals surface area contributed by atoms with Gasteiger partial charge in [0.1, 0.15) is 0 Å². The van der Waals surface area contributed by atoms with E-state index in [1.54, 1.807) is 0 Å². The van der Waals surface area contributed by atoms with Crippen LogP contribution in [0.1, 0.15) is 71.6 Å². The molecular weight excluding hydrogens is 340 g/mol. The Kier molecular flexibility index (Phi) is 9.11. The summed E-state index contributed by atoms with van der Waals surface area (Å²) in [5.74, 6) is 2.44. The highest BCUT2D eigenvalue weighted by Crippen LogP contribution is 2.36. The molecule has 0 unspecified atom stereocenters. The van der Waals surface area contributed by atoms with Crippen molar-refractivity contribution in [3.05, 3.63) is 12.2 Å². The van der Waals surface area contributed by atoms with Gasteiger partial charge in [0.25, 0.3) is 0 Å². The van der Waals surface area contributed by atoms with Crippen LogP contribution < -0.4 is 0 Å². The fourth-order valence-electron chi connectivity index (χ4n) is 4.69.